The molecule has 0 amide bonds. The SMILES string of the molecule is CC(CCC#N)N(C)CC#N. The third kappa shape index (κ3) is 4.36. The molecule has 0 rings (SSSR count). The molecule has 1 atom stereocenters. The van der Waals surface area contributed by atoms with Crippen LogP contribution in [0.2, 0.25) is 0 Å². The van der Waals surface area contributed by atoms with Crippen molar-refractivity contribution in [2.75, 3.05) is 13.6 Å². The molecule has 0 radical (unpaired) electrons. The fourth-order valence-electron chi connectivity index (χ4n) is 0.761. The molecule has 1 unspecified atom stereocenters. The van der Waals surface area contributed by atoms with Gasteiger partial charge in [0.25, 0.3) is 0 Å². The first-order chi connectivity index (χ1) is 5.22. The van der Waals surface area contributed by atoms with E-state index < -0.39 is 0 Å². The average molecular weight is 151 g/mol. The Labute approximate surface area is 67.8 Å². The quantitative estimate of drug-likeness (QED) is 0.566. The van der Waals surface area contributed by atoms with Gasteiger partial charge in [-0.1, -0.05) is 0 Å². The molecule has 0 bridgehead atoms. The van der Waals surface area contributed by atoms with Crippen LogP contribution >= 0.6 is 0 Å². The Morgan fingerprint density at radius 2 is 2.00 bits per heavy atom. The smallest absolute Gasteiger partial charge is 0.0865 e. The lowest BCUT2D eigenvalue weighted by atomic mass is 10.2. The highest BCUT2D eigenvalue weighted by atomic mass is 15.1. The largest absolute Gasteiger partial charge is 0.291 e. The van der Waals surface area contributed by atoms with E-state index in [-0.39, 0.29) is 0 Å². The van der Waals surface area contributed by atoms with Crippen molar-refractivity contribution in [1.82, 2.24) is 4.90 Å². The third-order valence-corrected chi connectivity index (χ3v) is 1.75. The van der Waals surface area contributed by atoms with Crippen molar-refractivity contribution in [3.8, 4) is 12.1 Å². The van der Waals surface area contributed by atoms with Crippen LogP contribution in [0.1, 0.15) is 19.8 Å². The molecular formula is C8H13N3. The summed E-state index contributed by atoms with van der Waals surface area (Å²) in [5.41, 5.74) is 0. The van der Waals surface area contributed by atoms with Crippen molar-refractivity contribution in [3.63, 3.8) is 0 Å². The lowest BCUT2D eigenvalue weighted by Crippen LogP contribution is -2.29. The number of nitriles is 2. The van der Waals surface area contributed by atoms with E-state index in [4.69, 9.17) is 10.5 Å². The predicted molar refractivity (Wildman–Crippen MR) is 42.6 cm³/mol. The van der Waals surface area contributed by atoms with E-state index in [2.05, 4.69) is 12.1 Å². The highest BCUT2D eigenvalue weighted by Crippen LogP contribution is 2.02. The first-order valence-electron chi connectivity index (χ1n) is 3.66. The lowest BCUT2D eigenvalue weighted by Gasteiger charge is -2.20. The van der Waals surface area contributed by atoms with Gasteiger partial charge < -0.3 is 0 Å². The van der Waals surface area contributed by atoms with E-state index in [0.29, 0.717) is 19.0 Å². The first kappa shape index (κ1) is 9.94. The van der Waals surface area contributed by atoms with Crippen molar-refractivity contribution in [2.45, 2.75) is 25.8 Å². The lowest BCUT2D eigenvalue weighted by molar-refractivity contribution is 0.276. The van der Waals surface area contributed by atoms with Crippen molar-refractivity contribution < 1.29 is 0 Å². The minimum Gasteiger partial charge on any atom is -0.291 e. The van der Waals surface area contributed by atoms with Gasteiger partial charge in [-0.25, -0.2) is 0 Å². The summed E-state index contributed by atoms with van der Waals surface area (Å²) >= 11 is 0. The standard InChI is InChI=1S/C8H13N3/c1-8(4-3-5-9)11(2)7-6-10/h8H,3-4,7H2,1-2H3. The normalized spacial score (nSPS) is 12.1. The van der Waals surface area contributed by atoms with Crippen LogP contribution in [0, 0.1) is 22.7 Å². The summed E-state index contributed by atoms with van der Waals surface area (Å²) in [6.07, 6.45) is 1.41. The van der Waals surface area contributed by atoms with Gasteiger partial charge in [0, 0.05) is 12.5 Å². The Kier molecular flexibility index (Phi) is 5.15. The fourth-order valence-corrected chi connectivity index (χ4v) is 0.761. The summed E-state index contributed by atoms with van der Waals surface area (Å²) < 4.78 is 0. The van der Waals surface area contributed by atoms with Gasteiger partial charge in [-0.2, -0.15) is 10.5 Å². The maximum Gasteiger partial charge on any atom is 0.0865 e. The monoisotopic (exact) mass is 151 g/mol. The van der Waals surface area contributed by atoms with Crippen LogP contribution in [-0.2, 0) is 0 Å². The molecule has 3 nitrogen and oxygen atoms in total. The van der Waals surface area contributed by atoms with Crippen molar-refractivity contribution in [2.24, 2.45) is 0 Å². The summed E-state index contributed by atoms with van der Waals surface area (Å²) in [5.74, 6) is 0. The molecule has 0 spiro atoms. The second kappa shape index (κ2) is 5.70. The zero-order valence-corrected chi connectivity index (χ0v) is 7.04. The molecule has 3 heteroatoms. The third-order valence-electron chi connectivity index (χ3n) is 1.75. The summed E-state index contributed by atoms with van der Waals surface area (Å²) in [5, 5.41) is 16.6. The molecule has 0 saturated carbocycles. The van der Waals surface area contributed by atoms with Crippen LogP contribution < -0.4 is 0 Å². The predicted octanol–water partition coefficient (Wildman–Crippen LogP) is 1.13. The Balaban J connectivity index is 3.58. The molecule has 0 aromatic carbocycles. The Hall–Kier alpha value is -1.06. The zero-order chi connectivity index (χ0) is 8.69. The van der Waals surface area contributed by atoms with Crippen LogP contribution in [0.25, 0.3) is 0 Å². The van der Waals surface area contributed by atoms with Gasteiger partial charge in [-0.3, -0.25) is 4.90 Å². The summed E-state index contributed by atoms with van der Waals surface area (Å²) in [6, 6.07) is 4.48. The number of hydrogen-bond donors (Lipinski definition) is 0. The van der Waals surface area contributed by atoms with Gasteiger partial charge in [0.05, 0.1) is 18.7 Å². The molecule has 0 aliphatic carbocycles. The van der Waals surface area contributed by atoms with Crippen molar-refractivity contribution in [3.05, 3.63) is 0 Å². The average Bonchev–Trinajstić information content (AvgIpc) is 2.00. The molecule has 60 valence electrons. The van der Waals surface area contributed by atoms with Gasteiger partial charge in [-0.15, -0.1) is 0 Å². The van der Waals surface area contributed by atoms with Gasteiger partial charge in [-0.05, 0) is 20.4 Å². The fraction of sp³-hybridized carbons (Fsp3) is 0.750. The van der Waals surface area contributed by atoms with Crippen LogP contribution in [0.5, 0.6) is 0 Å². The molecule has 0 aromatic rings. The molecule has 0 saturated heterocycles. The summed E-state index contributed by atoms with van der Waals surface area (Å²) in [7, 11) is 1.89. The minimum atomic E-state index is 0.328. The Morgan fingerprint density at radius 1 is 1.36 bits per heavy atom. The van der Waals surface area contributed by atoms with E-state index in [1.807, 2.05) is 18.9 Å². The van der Waals surface area contributed by atoms with Gasteiger partial charge in [0.2, 0.25) is 0 Å². The van der Waals surface area contributed by atoms with Gasteiger partial charge >= 0.3 is 0 Å². The number of nitrogens with zero attached hydrogens (tertiary/aromatic N) is 3. The highest BCUT2D eigenvalue weighted by molar-refractivity contribution is 4.80. The van der Waals surface area contributed by atoms with E-state index in [9.17, 15) is 0 Å². The van der Waals surface area contributed by atoms with Crippen LogP contribution in [0.4, 0.5) is 0 Å². The molecule has 11 heavy (non-hydrogen) atoms. The van der Waals surface area contributed by atoms with Crippen LogP contribution in [0.15, 0.2) is 0 Å². The maximum atomic E-state index is 8.35. The van der Waals surface area contributed by atoms with E-state index in [1.165, 1.54) is 0 Å². The van der Waals surface area contributed by atoms with Gasteiger partial charge in [0.15, 0.2) is 0 Å². The first-order valence-corrected chi connectivity index (χ1v) is 3.66. The zero-order valence-electron chi connectivity index (χ0n) is 7.04. The Morgan fingerprint density at radius 3 is 2.45 bits per heavy atom. The van der Waals surface area contributed by atoms with Crippen LogP contribution in [-0.4, -0.2) is 24.5 Å². The Bertz CT molecular complexity index is 175. The molecule has 0 aromatic heterocycles. The molecular weight excluding hydrogens is 138 g/mol. The second-order valence-electron chi connectivity index (χ2n) is 2.62. The van der Waals surface area contributed by atoms with Crippen molar-refractivity contribution >= 4 is 0 Å². The summed E-state index contributed by atoms with van der Waals surface area (Å²) in [4.78, 5) is 1.94. The van der Waals surface area contributed by atoms with E-state index in [1.54, 1.807) is 0 Å². The maximum absolute atomic E-state index is 8.35. The number of rotatable bonds is 4. The molecule has 0 aliphatic rings. The molecule has 0 aliphatic heterocycles. The van der Waals surface area contributed by atoms with Gasteiger partial charge in [0.1, 0.15) is 0 Å². The molecule has 0 N–H and O–H groups in total. The van der Waals surface area contributed by atoms with Crippen molar-refractivity contribution in [1.29, 1.82) is 10.5 Å². The van der Waals surface area contributed by atoms with E-state index in [0.717, 1.165) is 6.42 Å². The molecule has 0 fully saturated rings. The van der Waals surface area contributed by atoms with E-state index >= 15 is 0 Å². The second-order valence-corrected chi connectivity index (χ2v) is 2.62. The molecule has 0 heterocycles. The summed E-state index contributed by atoms with van der Waals surface area (Å²) in [6.45, 7) is 2.46. The van der Waals surface area contributed by atoms with Crippen LogP contribution in [0.3, 0.4) is 0 Å². The topological polar surface area (TPSA) is 50.8 Å². The highest BCUT2D eigenvalue weighted by Gasteiger charge is 2.06. The number of hydrogen-bond acceptors (Lipinski definition) is 3. The minimum absolute atomic E-state index is 0.328.